The van der Waals surface area contributed by atoms with Gasteiger partial charge >= 0.3 is 0 Å². The molecule has 1 aromatic carbocycles. The van der Waals surface area contributed by atoms with Crippen LogP contribution in [0.1, 0.15) is 58.3 Å². The molecule has 0 radical (unpaired) electrons. The second-order valence-corrected chi connectivity index (χ2v) is 5.42. The van der Waals surface area contributed by atoms with Gasteiger partial charge in [-0.25, -0.2) is 4.98 Å². The maximum absolute atomic E-state index is 4.64. The lowest BCUT2D eigenvalue weighted by Gasteiger charge is -2.18. The number of hydrogen-bond donors (Lipinski definition) is 2. The number of aromatic amines is 1. The topological polar surface area (TPSA) is 40.7 Å². The summed E-state index contributed by atoms with van der Waals surface area (Å²) in [4.78, 5) is 8.04. The molecule has 104 valence electrons. The number of unbranched alkanes of at least 4 members (excludes halogenated alkanes) is 2. The first-order valence-corrected chi connectivity index (χ1v) is 7.41. The Hall–Kier alpha value is -1.35. The number of benzene rings is 1. The van der Waals surface area contributed by atoms with E-state index in [9.17, 15) is 0 Å². The van der Waals surface area contributed by atoms with E-state index in [2.05, 4.69) is 42.1 Å². The Balaban J connectivity index is 1.93. The molecule has 0 saturated heterocycles. The van der Waals surface area contributed by atoms with E-state index < -0.39 is 0 Å². The highest BCUT2D eigenvalue weighted by molar-refractivity contribution is 5.74. The summed E-state index contributed by atoms with van der Waals surface area (Å²) < 4.78 is 0. The summed E-state index contributed by atoms with van der Waals surface area (Å²) >= 11 is 0. The van der Waals surface area contributed by atoms with Crippen molar-refractivity contribution in [2.75, 3.05) is 0 Å². The van der Waals surface area contributed by atoms with Gasteiger partial charge in [-0.3, -0.25) is 0 Å². The van der Waals surface area contributed by atoms with Crippen molar-refractivity contribution >= 4 is 11.0 Å². The molecule has 19 heavy (non-hydrogen) atoms. The van der Waals surface area contributed by atoms with Crippen molar-refractivity contribution in [1.82, 2.24) is 15.3 Å². The highest BCUT2D eigenvalue weighted by Gasteiger charge is 2.12. The normalized spacial score (nSPS) is 14.7. The molecule has 1 aromatic heterocycles. The van der Waals surface area contributed by atoms with Crippen LogP contribution in [0.5, 0.6) is 0 Å². The molecule has 0 saturated carbocycles. The molecule has 2 rings (SSSR count). The quantitative estimate of drug-likeness (QED) is 0.732. The minimum absolute atomic E-state index is 0.268. The summed E-state index contributed by atoms with van der Waals surface area (Å²) in [5.41, 5.74) is 2.16. The number of nitrogens with zero attached hydrogens (tertiary/aromatic N) is 1. The Bertz CT molecular complexity index is 470. The van der Waals surface area contributed by atoms with E-state index in [-0.39, 0.29) is 6.04 Å². The van der Waals surface area contributed by atoms with Crippen molar-refractivity contribution in [3.05, 3.63) is 30.1 Å². The summed E-state index contributed by atoms with van der Waals surface area (Å²) in [5, 5.41) is 3.62. The zero-order chi connectivity index (χ0) is 13.7. The summed E-state index contributed by atoms with van der Waals surface area (Å²) in [5.74, 6) is 1.03. The summed E-state index contributed by atoms with van der Waals surface area (Å²) in [6, 6.07) is 8.99. The van der Waals surface area contributed by atoms with Crippen LogP contribution < -0.4 is 5.32 Å². The minimum atomic E-state index is 0.268. The number of hydrogen-bond acceptors (Lipinski definition) is 2. The molecule has 0 aliphatic heterocycles. The van der Waals surface area contributed by atoms with Crippen LogP contribution in [0.15, 0.2) is 24.3 Å². The Morgan fingerprint density at radius 2 is 2.00 bits per heavy atom. The van der Waals surface area contributed by atoms with Gasteiger partial charge in [0.15, 0.2) is 0 Å². The van der Waals surface area contributed by atoms with Crippen molar-refractivity contribution in [3.63, 3.8) is 0 Å². The Morgan fingerprint density at radius 1 is 1.21 bits per heavy atom. The standard InChI is InChI=1S/C16H25N3/c1-4-5-6-9-12(2)17-13(3)16-18-14-10-7-8-11-15(14)19-16/h7-8,10-13,17H,4-6,9H2,1-3H3,(H,18,19). The van der Waals surface area contributed by atoms with E-state index in [1.54, 1.807) is 0 Å². The maximum atomic E-state index is 4.64. The number of H-pyrrole nitrogens is 1. The van der Waals surface area contributed by atoms with Gasteiger partial charge in [0.25, 0.3) is 0 Å². The summed E-state index contributed by atoms with van der Waals surface area (Å²) in [6.45, 7) is 6.68. The van der Waals surface area contributed by atoms with Gasteiger partial charge < -0.3 is 10.3 Å². The van der Waals surface area contributed by atoms with E-state index in [0.717, 1.165) is 16.9 Å². The molecule has 2 unspecified atom stereocenters. The molecule has 0 spiro atoms. The first kappa shape index (κ1) is 14.1. The van der Waals surface area contributed by atoms with Crippen LogP contribution in [0.25, 0.3) is 11.0 Å². The molecule has 2 atom stereocenters. The van der Waals surface area contributed by atoms with Gasteiger partial charge in [0.1, 0.15) is 5.82 Å². The van der Waals surface area contributed by atoms with Gasteiger partial charge in [0.2, 0.25) is 0 Å². The lowest BCUT2D eigenvalue weighted by molar-refractivity contribution is 0.431. The third-order valence-corrected chi connectivity index (χ3v) is 3.59. The molecule has 3 heteroatoms. The molecule has 3 nitrogen and oxygen atoms in total. The summed E-state index contributed by atoms with van der Waals surface area (Å²) in [6.07, 6.45) is 5.15. The molecule has 0 aliphatic rings. The van der Waals surface area contributed by atoms with Crippen LogP contribution in [0.4, 0.5) is 0 Å². The second kappa shape index (κ2) is 6.71. The lowest BCUT2D eigenvalue weighted by Crippen LogP contribution is -2.29. The van der Waals surface area contributed by atoms with Gasteiger partial charge in [-0.1, -0.05) is 38.3 Å². The van der Waals surface area contributed by atoms with E-state index in [1.165, 1.54) is 25.7 Å². The number of rotatable bonds is 7. The zero-order valence-corrected chi connectivity index (χ0v) is 12.2. The van der Waals surface area contributed by atoms with Gasteiger partial charge in [0, 0.05) is 6.04 Å². The predicted molar refractivity (Wildman–Crippen MR) is 81.2 cm³/mol. The second-order valence-electron chi connectivity index (χ2n) is 5.42. The van der Waals surface area contributed by atoms with E-state index in [4.69, 9.17) is 0 Å². The van der Waals surface area contributed by atoms with Crippen molar-refractivity contribution < 1.29 is 0 Å². The molecule has 0 amide bonds. The Kier molecular flexibility index (Phi) is 4.97. The van der Waals surface area contributed by atoms with Crippen LogP contribution in [0, 0.1) is 0 Å². The predicted octanol–water partition coefficient (Wildman–Crippen LogP) is 4.18. The van der Waals surface area contributed by atoms with Gasteiger partial charge in [0.05, 0.1) is 17.1 Å². The van der Waals surface area contributed by atoms with Crippen LogP contribution in [-0.4, -0.2) is 16.0 Å². The highest BCUT2D eigenvalue weighted by Crippen LogP contribution is 2.16. The fourth-order valence-electron chi connectivity index (χ4n) is 2.47. The van der Waals surface area contributed by atoms with Crippen molar-refractivity contribution in [3.8, 4) is 0 Å². The SMILES string of the molecule is CCCCCC(C)NC(C)c1nc2ccccc2[nH]1. The number of nitrogens with one attached hydrogen (secondary N) is 2. The fourth-order valence-corrected chi connectivity index (χ4v) is 2.47. The van der Waals surface area contributed by atoms with Crippen molar-refractivity contribution in [2.24, 2.45) is 0 Å². The smallest absolute Gasteiger partial charge is 0.124 e. The summed E-state index contributed by atoms with van der Waals surface area (Å²) in [7, 11) is 0. The third kappa shape index (κ3) is 3.80. The molecular formula is C16H25N3. The Morgan fingerprint density at radius 3 is 2.74 bits per heavy atom. The van der Waals surface area contributed by atoms with Crippen LogP contribution in [0.2, 0.25) is 0 Å². The van der Waals surface area contributed by atoms with Gasteiger partial charge in [-0.15, -0.1) is 0 Å². The van der Waals surface area contributed by atoms with E-state index in [0.29, 0.717) is 6.04 Å². The number of imidazole rings is 1. The molecule has 0 bridgehead atoms. The van der Waals surface area contributed by atoms with Crippen LogP contribution in [0.3, 0.4) is 0 Å². The van der Waals surface area contributed by atoms with Crippen LogP contribution >= 0.6 is 0 Å². The maximum Gasteiger partial charge on any atom is 0.124 e. The molecule has 2 aromatic rings. The number of para-hydroxylation sites is 2. The average molecular weight is 259 g/mol. The Labute approximate surface area is 115 Å². The van der Waals surface area contributed by atoms with E-state index >= 15 is 0 Å². The third-order valence-electron chi connectivity index (χ3n) is 3.59. The molecule has 1 heterocycles. The largest absolute Gasteiger partial charge is 0.341 e. The molecule has 0 aliphatic carbocycles. The van der Waals surface area contributed by atoms with E-state index in [1.807, 2.05) is 18.2 Å². The average Bonchev–Trinajstić information content (AvgIpc) is 2.83. The first-order chi connectivity index (χ1) is 9.20. The zero-order valence-electron chi connectivity index (χ0n) is 12.2. The van der Waals surface area contributed by atoms with Gasteiger partial charge in [-0.2, -0.15) is 0 Å². The van der Waals surface area contributed by atoms with Crippen molar-refractivity contribution in [1.29, 1.82) is 0 Å². The minimum Gasteiger partial charge on any atom is -0.341 e. The molecule has 0 fully saturated rings. The van der Waals surface area contributed by atoms with Crippen LogP contribution in [-0.2, 0) is 0 Å². The number of fused-ring (bicyclic) bond motifs is 1. The molecule has 2 N–H and O–H groups in total. The lowest BCUT2D eigenvalue weighted by atomic mass is 10.1. The molecular weight excluding hydrogens is 234 g/mol. The van der Waals surface area contributed by atoms with Crippen molar-refractivity contribution in [2.45, 2.75) is 58.5 Å². The number of aromatic nitrogens is 2. The first-order valence-electron chi connectivity index (χ1n) is 7.41. The monoisotopic (exact) mass is 259 g/mol. The fraction of sp³-hybridized carbons (Fsp3) is 0.562. The highest BCUT2D eigenvalue weighted by atomic mass is 15.0. The van der Waals surface area contributed by atoms with Gasteiger partial charge in [-0.05, 0) is 32.4 Å².